The summed E-state index contributed by atoms with van der Waals surface area (Å²) < 4.78 is 2.28. The van der Waals surface area contributed by atoms with Gasteiger partial charge in [0, 0.05) is 30.3 Å². The Morgan fingerprint density at radius 1 is 1.11 bits per heavy atom. The van der Waals surface area contributed by atoms with Gasteiger partial charge in [0.2, 0.25) is 0 Å². The van der Waals surface area contributed by atoms with Gasteiger partial charge < -0.3 is 15.2 Å². The summed E-state index contributed by atoms with van der Waals surface area (Å²) in [5.74, 6) is 2.76. The first-order valence-corrected chi connectivity index (χ1v) is 10.7. The topological polar surface area (TPSA) is 54.8 Å². The first-order chi connectivity index (χ1) is 13.2. The fraction of sp³-hybridized carbons (Fsp3) is 0.571. The zero-order chi connectivity index (χ0) is 18.6. The number of rotatable bonds is 3. The van der Waals surface area contributed by atoms with Crippen LogP contribution in [0.4, 0.5) is 5.69 Å². The Balaban J connectivity index is 1.46. The van der Waals surface area contributed by atoms with Gasteiger partial charge in [-0.3, -0.25) is 0 Å². The van der Waals surface area contributed by atoms with Crippen LogP contribution in [0.15, 0.2) is 24.3 Å². The van der Waals surface area contributed by atoms with Crippen LogP contribution in [0.3, 0.4) is 0 Å². The molecule has 2 N–H and O–H groups in total. The number of hydrogen-bond donors (Lipinski definition) is 2. The monoisotopic (exact) mass is 383 g/mol. The molecule has 27 heavy (non-hydrogen) atoms. The lowest BCUT2D eigenvalue weighted by atomic mass is 9.86. The van der Waals surface area contributed by atoms with E-state index >= 15 is 0 Å². The van der Waals surface area contributed by atoms with Crippen molar-refractivity contribution in [3.8, 4) is 11.4 Å². The number of aromatic nitrogens is 3. The van der Waals surface area contributed by atoms with E-state index in [1.165, 1.54) is 44.9 Å². The second-order valence-electron chi connectivity index (χ2n) is 7.95. The molecule has 2 aromatic rings. The van der Waals surface area contributed by atoms with Gasteiger partial charge in [0.05, 0.1) is 0 Å². The van der Waals surface area contributed by atoms with E-state index in [1.807, 2.05) is 0 Å². The lowest BCUT2D eigenvalue weighted by Gasteiger charge is -2.30. The van der Waals surface area contributed by atoms with Gasteiger partial charge in [-0.25, -0.2) is 0 Å². The first-order valence-electron chi connectivity index (χ1n) is 10.3. The van der Waals surface area contributed by atoms with E-state index in [-0.39, 0.29) is 0 Å². The molecule has 0 spiro atoms. The van der Waals surface area contributed by atoms with Crippen molar-refractivity contribution in [2.24, 2.45) is 5.92 Å². The molecule has 1 aromatic carbocycles. The van der Waals surface area contributed by atoms with Crippen LogP contribution < -0.4 is 10.6 Å². The number of fused-ring (bicyclic) bond motifs is 1. The quantitative estimate of drug-likeness (QED) is 0.762. The van der Waals surface area contributed by atoms with E-state index in [1.54, 1.807) is 0 Å². The van der Waals surface area contributed by atoms with Crippen molar-refractivity contribution < 1.29 is 0 Å². The van der Waals surface area contributed by atoms with Crippen LogP contribution in [-0.4, -0.2) is 25.9 Å². The molecule has 2 atom stereocenters. The average molecular weight is 384 g/mol. The molecule has 0 saturated heterocycles. The zero-order valence-corrected chi connectivity index (χ0v) is 16.9. The van der Waals surface area contributed by atoms with E-state index in [4.69, 9.17) is 12.2 Å². The van der Waals surface area contributed by atoms with Gasteiger partial charge in [0.15, 0.2) is 10.9 Å². The molecule has 2 aliphatic rings. The summed E-state index contributed by atoms with van der Waals surface area (Å²) in [4.78, 5) is 0. The number of nitrogens with one attached hydrogen (secondary N) is 2. The Kier molecular flexibility index (Phi) is 5.72. The van der Waals surface area contributed by atoms with Gasteiger partial charge in [0.25, 0.3) is 0 Å². The molecule has 2 heterocycles. The molecule has 6 heteroatoms. The molecule has 0 amide bonds. The van der Waals surface area contributed by atoms with Crippen molar-refractivity contribution in [2.75, 3.05) is 5.32 Å². The van der Waals surface area contributed by atoms with Crippen molar-refractivity contribution >= 4 is 23.0 Å². The predicted molar refractivity (Wildman–Crippen MR) is 114 cm³/mol. The molecular formula is C21H29N5S. The van der Waals surface area contributed by atoms with Gasteiger partial charge in [-0.1, -0.05) is 38.3 Å². The van der Waals surface area contributed by atoms with Crippen molar-refractivity contribution in [1.29, 1.82) is 0 Å². The first kappa shape index (κ1) is 18.4. The Morgan fingerprint density at radius 2 is 2.00 bits per heavy atom. The number of aryl methyl sites for hydroxylation is 1. The Labute approximate surface area is 167 Å². The third kappa shape index (κ3) is 4.32. The minimum absolute atomic E-state index is 0.481. The largest absolute Gasteiger partial charge is 0.359 e. The van der Waals surface area contributed by atoms with E-state index in [2.05, 4.69) is 56.6 Å². The third-order valence-corrected chi connectivity index (χ3v) is 6.14. The maximum atomic E-state index is 5.57. The summed E-state index contributed by atoms with van der Waals surface area (Å²) in [7, 11) is 0. The van der Waals surface area contributed by atoms with Gasteiger partial charge in [-0.2, -0.15) is 0 Å². The molecule has 0 bridgehead atoms. The molecule has 1 aliphatic heterocycles. The van der Waals surface area contributed by atoms with Gasteiger partial charge in [-0.15, -0.1) is 10.2 Å². The summed E-state index contributed by atoms with van der Waals surface area (Å²) in [5, 5.41) is 16.5. The fourth-order valence-corrected chi connectivity index (χ4v) is 4.57. The lowest BCUT2D eigenvalue weighted by molar-refractivity contribution is 0.309. The van der Waals surface area contributed by atoms with Crippen molar-refractivity contribution in [2.45, 2.75) is 70.9 Å². The van der Waals surface area contributed by atoms with Crippen LogP contribution >= 0.6 is 12.2 Å². The summed E-state index contributed by atoms with van der Waals surface area (Å²) in [5.41, 5.74) is 2.09. The summed E-state index contributed by atoms with van der Waals surface area (Å²) >= 11 is 5.57. The normalized spacial score (nSPS) is 22.6. The van der Waals surface area contributed by atoms with Crippen LogP contribution in [0.2, 0.25) is 0 Å². The molecule has 0 radical (unpaired) electrons. The minimum Gasteiger partial charge on any atom is -0.359 e. The number of hydrogen-bond acceptors (Lipinski definition) is 3. The minimum atomic E-state index is 0.481. The van der Waals surface area contributed by atoms with Gasteiger partial charge in [-0.05, 0) is 56.0 Å². The Morgan fingerprint density at radius 3 is 2.89 bits per heavy atom. The second-order valence-corrected chi connectivity index (χ2v) is 8.36. The SMILES string of the molecule is C[C@@H]1CCCC[C@@H]1NC(=S)Nc1cccc(-c2nnc3n2CCCCC3)c1. The zero-order valence-electron chi connectivity index (χ0n) is 16.1. The fourth-order valence-electron chi connectivity index (χ4n) is 4.30. The van der Waals surface area contributed by atoms with Crippen LogP contribution in [0.5, 0.6) is 0 Å². The summed E-state index contributed by atoms with van der Waals surface area (Å²) in [6.07, 6.45) is 9.82. The van der Waals surface area contributed by atoms with Crippen LogP contribution in [-0.2, 0) is 13.0 Å². The Hall–Kier alpha value is -1.95. The van der Waals surface area contributed by atoms with Crippen LogP contribution in [0.1, 0.15) is 57.7 Å². The highest BCUT2D eigenvalue weighted by molar-refractivity contribution is 7.80. The predicted octanol–water partition coefficient (Wildman–Crippen LogP) is 4.54. The highest BCUT2D eigenvalue weighted by Gasteiger charge is 2.22. The standard InChI is InChI=1S/C21H29N5S/c1-15-8-4-5-11-18(15)23-21(27)22-17-10-7-9-16(14-17)20-25-24-19-12-3-2-6-13-26(19)20/h7,9-10,14-15,18H,2-6,8,11-13H2,1H3,(H2,22,23,27)/t15-,18+/m1/s1. The average Bonchev–Trinajstić information content (AvgIpc) is 2.92. The molecule has 0 unspecified atom stereocenters. The van der Waals surface area contributed by atoms with Crippen molar-refractivity contribution in [3.63, 3.8) is 0 Å². The van der Waals surface area contributed by atoms with E-state index < -0.39 is 0 Å². The maximum absolute atomic E-state index is 5.57. The molecule has 144 valence electrons. The molecular weight excluding hydrogens is 354 g/mol. The summed E-state index contributed by atoms with van der Waals surface area (Å²) in [6.45, 7) is 3.33. The molecule has 5 nitrogen and oxygen atoms in total. The smallest absolute Gasteiger partial charge is 0.171 e. The van der Waals surface area contributed by atoms with Gasteiger partial charge in [0.1, 0.15) is 5.82 Å². The van der Waals surface area contributed by atoms with E-state index in [0.717, 1.165) is 35.9 Å². The number of nitrogens with zero attached hydrogens (tertiary/aromatic N) is 3. The number of thiocarbonyl (C=S) groups is 1. The van der Waals surface area contributed by atoms with Crippen LogP contribution in [0.25, 0.3) is 11.4 Å². The molecule has 1 fully saturated rings. The van der Waals surface area contributed by atoms with Crippen molar-refractivity contribution in [1.82, 2.24) is 20.1 Å². The highest BCUT2D eigenvalue weighted by atomic mass is 32.1. The van der Waals surface area contributed by atoms with Crippen LogP contribution in [0, 0.1) is 5.92 Å². The van der Waals surface area contributed by atoms with Gasteiger partial charge >= 0.3 is 0 Å². The molecule has 1 saturated carbocycles. The van der Waals surface area contributed by atoms with Crippen molar-refractivity contribution in [3.05, 3.63) is 30.1 Å². The summed E-state index contributed by atoms with van der Waals surface area (Å²) in [6, 6.07) is 8.82. The Bertz CT molecular complexity index is 800. The number of anilines is 1. The highest BCUT2D eigenvalue weighted by Crippen LogP contribution is 2.26. The molecule has 1 aromatic heterocycles. The second kappa shape index (κ2) is 8.38. The van der Waals surface area contributed by atoms with E-state index in [0.29, 0.717) is 17.1 Å². The lowest BCUT2D eigenvalue weighted by Crippen LogP contribution is -2.43. The van der Waals surface area contributed by atoms with E-state index in [9.17, 15) is 0 Å². The molecule has 4 rings (SSSR count). The third-order valence-electron chi connectivity index (χ3n) is 5.92. The number of benzene rings is 1. The maximum Gasteiger partial charge on any atom is 0.171 e. The molecule has 1 aliphatic carbocycles.